The molecule has 2 rings (SSSR count). The molecule has 0 aliphatic heterocycles. The van der Waals surface area contributed by atoms with Crippen LogP contribution < -0.4 is 10.2 Å². The number of nitrogens with one attached hydrogen (secondary N) is 1. The van der Waals surface area contributed by atoms with Crippen molar-refractivity contribution in [1.82, 2.24) is 15.3 Å². The summed E-state index contributed by atoms with van der Waals surface area (Å²) in [6, 6.07) is 8.07. The molecule has 0 aliphatic carbocycles. The Kier molecular flexibility index (Phi) is 4.87. The second-order valence-corrected chi connectivity index (χ2v) is 5.13. The third-order valence-electron chi connectivity index (χ3n) is 2.86. The number of likely N-dealkylation sites (N-methyl/N-ethyl adjacent to an activating group) is 2. The predicted octanol–water partition coefficient (Wildman–Crippen LogP) is 2.56. The Bertz CT molecular complexity index is 527. The van der Waals surface area contributed by atoms with E-state index in [0.717, 1.165) is 34.6 Å². The van der Waals surface area contributed by atoms with Crippen LogP contribution in [0, 0.1) is 0 Å². The van der Waals surface area contributed by atoms with Crippen LogP contribution in [-0.2, 0) is 0 Å². The van der Waals surface area contributed by atoms with Gasteiger partial charge in [0.15, 0.2) is 0 Å². The minimum atomic E-state index is 0.742. The smallest absolute Gasteiger partial charge is 0.225 e. The van der Waals surface area contributed by atoms with Crippen LogP contribution in [0.25, 0.3) is 11.1 Å². The molecule has 1 heterocycles. The zero-order chi connectivity index (χ0) is 13.7. The highest BCUT2D eigenvalue weighted by atomic mass is 79.9. The maximum atomic E-state index is 4.42. The summed E-state index contributed by atoms with van der Waals surface area (Å²) in [6.45, 7) is 1.79. The van der Waals surface area contributed by atoms with Gasteiger partial charge in [0.25, 0.3) is 0 Å². The normalized spacial score (nSPS) is 10.5. The molecule has 0 saturated carbocycles. The molecule has 0 saturated heterocycles. The van der Waals surface area contributed by atoms with Gasteiger partial charge >= 0.3 is 0 Å². The van der Waals surface area contributed by atoms with Gasteiger partial charge in [0.2, 0.25) is 5.95 Å². The fraction of sp³-hybridized carbons (Fsp3) is 0.286. The second kappa shape index (κ2) is 6.63. The van der Waals surface area contributed by atoms with Gasteiger partial charge in [-0.3, -0.25) is 0 Å². The molecule has 2 aromatic rings. The Morgan fingerprint density at radius 3 is 2.53 bits per heavy atom. The molecule has 0 fully saturated rings. The molecule has 5 heteroatoms. The van der Waals surface area contributed by atoms with E-state index in [1.54, 1.807) is 0 Å². The first-order valence-electron chi connectivity index (χ1n) is 6.15. The van der Waals surface area contributed by atoms with E-state index in [0.29, 0.717) is 0 Å². The summed E-state index contributed by atoms with van der Waals surface area (Å²) in [5.41, 5.74) is 2.12. The summed E-state index contributed by atoms with van der Waals surface area (Å²) in [5.74, 6) is 0.742. The molecule has 0 aliphatic rings. The lowest BCUT2D eigenvalue weighted by Crippen LogP contribution is -2.28. The fourth-order valence-electron chi connectivity index (χ4n) is 1.73. The minimum Gasteiger partial charge on any atom is -0.343 e. The number of anilines is 1. The van der Waals surface area contributed by atoms with E-state index >= 15 is 0 Å². The Morgan fingerprint density at radius 2 is 1.89 bits per heavy atom. The van der Waals surface area contributed by atoms with E-state index in [-0.39, 0.29) is 0 Å². The maximum Gasteiger partial charge on any atom is 0.225 e. The molecule has 0 unspecified atom stereocenters. The molecule has 0 bridgehead atoms. The number of aromatic nitrogens is 2. The highest BCUT2D eigenvalue weighted by Gasteiger charge is 2.06. The summed E-state index contributed by atoms with van der Waals surface area (Å²) in [7, 11) is 3.93. The number of hydrogen-bond donors (Lipinski definition) is 1. The van der Waals surface area contributed by atoms with Crippen molar-refractivity contribution in [3.63, 3.8) is 0 Å². The molecule has 1 N–H and O–H groups in total. The summed E-state index contributed by atoms with van der Waals surface area (Å²) in [4.78, 5) is 10.9. The number of nitrogens with zero attached hydrogens (tertiary/aromatic N) is 3. The van der Waals surface area contributed by atoms with Crippen molar-refractivity contribution in [3.05, 3.63) is 41.1 Å². The third-order valence-corrected chi connectivity index (χ3v) is 3.55. The van der Waals surface area contributed by atoms with E-state index in [1.165, 1.54) is 0 Å². The summed E-state index contributed by atoms with van der Waals surface area (Å²) >= 11 is 3.54. The van der Waals surface area contributed by atoms with Crippen LogP contribution in [0.3, 0.4) is 0 Å². The van der Waals surface area contributed by atoms with Gasteiger partial charge in [0.1, 0.15) is 0 Å². The van der Waals surface area contributed by atoms with Gasteiger partial charge in [0, 0.05) is 42.6 Å². The first-order chi connectivity index (χ1) is 9.22. The van der Waals surface area contributed by atoms with Gasteiger partial charge in [-0.05, 0) is 18.7 Å². The first kappa shape index (κ1) is 14.0. The average molecular weight is 321 g/mol. The van der Waals surface area contributed by atoms with Gasteiger partial charge in [-0.25, -0.2) is 9.97 Å². The van der Waals surface area contributed by atoms with Gasteiger partial charge in [-0.15, -0.1) is 0 Å². The molecule has 0 atom stereocenters. The monoisotopic (exact) mass is 320 g/mol. The lowest BCUT2D eigenvalue weighted by molar-refractivity contribution is 0.753. The molecule has 1 aromatic carbocycles. The highest BCUT2D eigenvalue weighted by Crippen LogP contribution is 2.27. The summed E-state index contributed by atoms with van der Waals surface area (Å²) in [6.07, 6.45) is 3.72. The first-order valence-corrected chi connectivity index (χ1v) is 6.94. The molecule has 100 valence electrons. The number of benzene rings is 1. The molecule has 0 radical (unpaired) electrons. The SMILES string of the molecule is CNCCN(C)c1ncc(-c2ccccc2Br)cn1. The lowest BCUT2D eigenvalue weighted by Gasteiger charge is -2.16. The van der Waals surface area contributed by atoms with E-state index in [9.17, 15) is 0 Å². The van der Waals surface area contributed by atoms with Crippen LogP contribution in [0.1, 0.15) is 0 Å². The number of hydrogen-bond acceptors (Lipinski definition) is 4. The van der Waals surface area contributed by atoms with E-state index in [2.05, 4.69) is 31.2 Å². The molecule has 1 aromatic heterocycles. The van der Waals surface area contributed by atoms with E-state index in [4.69, 9.17) is 0 Å². The standard InChI is InChI=1S/C14H17BrN4/c1-16-7-8-19(2)14-17-9-11(10-18-14)12-5-3-4-6-13(12)15/h3-6,9-10,16H,7-8H2,1-2H3. The van der Waals surface area contributed by atoms with Crippen molar-refractivity contribution in [2.24, 2.45) is 0 Å². The number of rotatable bonds is 5. The molecule has 0 spiro atoms. The minimum absolute atomic E-state index is 0.742. The average Bonchev–Trinajstić information content (AvgIpc) is 2.45. The Balaban J connectivity index is 2.17. The van der Waals surface area contributed by atoms with Crippen LogP contribution in [-0.4, -0.2) is 37.2 Å². The van der Waals surface area contributed by atoms with Crippen molar-refractivity contribution >= 4 is 21.9 Å². The largest absolute Gasteiger partial charge is 0.343 e. The second-order valence-electron chi connectivity index (χ2n) is 4.28. The zero-order valence-electron chi connectivity index (χ0n) is 11.1. The van der Waals surface area contributed by atoms with Crippen molar-refractivity contribution in [2.45, 2.75) is 0 Å². The van der Waals surface area contributed by atoms with Crippen LogP contribution in [0.5, 0.6) is 0 Å². The van der Waals surface area contributed by atoms with Crippen LogP contribution in [0.2, 0.25) is 0 Å². The molecule has 4 nitrogen and oxygen atoms in total. The topological polar surface area (TPSA) is 41.0 Å². The van der Waals surface area contributed by atoms with Crippen LogP contribution >= 0.6 is 15.9 Å². The van der Waals surface area contributed by atoms with Gasteiger partial charge in [-0.1, -0.05) is 34.1 Å². The third kappa shape index (κ3) is 3.52. The predicted molar refractivity (Wildman–Crippen MR) is 82.4 cm³/mol. The lowest BCUT2D eigenvalue weighted by atomic mass is 10.1. The molecular weight excluding hydrogens is 304 g/mol. The van der Waals surface area contributed by atoms with E-state index in [1.807, 2.05) is 55.7 Å². The molecular formula is C14H17BrN4. The summed E-state index contributed by atoms with van der Waals surface area (Å²) in [5, 5.41) is 3.11. The van der Waals surface area contributed by atoms with Crippen molar-refractivity contribution in [2.75, 3.05) is 32.1 Å². The molecule has 19 heavy (non-hydrogen) atoms. The van der Waals surface area contributed by atoms with Crippen molar-refractivity contribution in [1.29, 1.82) is 0 Å². The van der Waals surface area contributed by atoms with Crippen LogP contribution in [0.15, 0.2) is 41.1 Å². The van der Waals surface area contributed by atoms with Crippen molar-refractivity contribution < 1.29 is 0 Å². The van der Waals surface area contributed by atoms with Gasteiger partial charge < -0.3 is 10.2 Å². The quantitative estimate of drug-likeness (QED) is 0.919. The molecule has 0 amide bonds. The highest BCUT2D eigenvalue weighted by molar-refractivity contribution is 9.10. The Labute approximate surface area is 122 Å². The fourth-order valence-corrected chi connectivity index (χ4v) is 2.25. The van der Waals surface area contributed by atoms with Gasteiger partial charge in [0.05, 0.1) is 0 Å². The number of halogens is 1. The van der Waals surface area contributed by atoms with Crippen molar-refractivity contribution in [3.8, 4) is 11.1 Å². The Morgan fingerprint density at radius 1 is 1.21 bits per heavy atom. The van der Waals surface area contributed by atoms with Gasteiger partial charge in [-0.2, -0.15) is 0 Å². The Hall–Kier alpha value is -1.46. The zero-order valence-corrected chi connectivity index (χ0v) is 12.7. The maximum absolute atomic E-state index is 4.42. The summed E-state index contributed by atoms with van der Waals surface area (Å²) < 4.78 is 1.05. The van der Waals surface area contributed by atoms with Crippen LogP contribution in [0.4, 0.5) is 5.95 Å². The van der Waals surface area contributed by atoms with E-state index < -0.39 is 0 Å².